The van der Waals surface area contributed by atoms with Crippen LogP contribution in [0.1, 0.15) is 5.56 Å². The predicted molar refractivity (Wildman–Crippen MR) is 51.6 cm³/mol. The fourth-order valence-electron chi connectivity index (χ4n) is 1.59. The van der Waals surface area contributed by atoms with Crippen LogP contribution in [0.25, 0.3) is 0 Å². The molecular formula is C11H14NO. The van der Waals surface area contributed by atoms with Gasteiger partial charge in [-0.05, 0) is 18.1 Å². The monoisotopic (exact) mass is 176 g/mol. The molecule has 1 N–H and O–H groups in total. The van der Waals surface area contributed by atoms with Crippen LogP contribution < -0.4 is 5.32 Å². The number of hydrogen-bond acceptors (Lipinski definition) is 2. The quantitative estimate of drug-likeness (QED) is 0.726. The molecule has 13 heavy (non-hydrogen) atoms. The Morgan fingerprint density at radius 2 is 2.31 bits per heavy atom. The lowest BCUT2D eigenvalue weighted by Gasteiger charge is -2.23. The normalized spacial score (nSPS) is 22.9. The van der Waals surface area contributed by atoms with E-state index in [0.717, 1.165) is 26.2 Å². The average Bonchev–Trinajstić information content (AvgIpc) is 2.21. The highest BCUT2D eigenvalue weighted by Crippen LogP contribution is 2.04. The maximum Gasteiger partial charge on any atom is 0.0623 e. The van der Waals surface area contributed by atoms with E-state index in [2.05, 4.69) is 23.5 Å². The summed E-state index contributed by atoms with van der Waals surface area (Å²) in [4.78, 5) is 0. The van der Waals surface area contributed by atoms with Gasteiger partial charge in [-0.1, -0.05) is 24.3 Å². The molecule has 2 heteroatoms. The fourth-order valence-corrected chi connectivity index (χ4v) is 1.59. The molecule has 0 aliphatic carbocycles. The summed E-state index contributed by atoms with van der Waals surface area (Å²) in [5, 5.41) is 3.43. The number of morpholine rings is 1. The molecule has 1 aliphatic heterocycles. The summed E-state index contributed by atoms with van der Waals surface area (Å²) >= 11 is 0. The summed E-state index contributed by atoms with van der Waals surface area (Å²) < 4.78 is 5.38. The maximum atomic E-state index is 5.38. The summed E-state index contributed by atoms with van der Waals surface area (Å²) in [6.45, 7) is 2.65. The SMILES string of the molecule is [c]1ccc(CC2COCCN2)cc1. The van der Waals surface area contributed by atoms with Crippen LogP contribution in [0, 0.1) is 6.07 Å². The average molecular weight is 176 g/mol. The molecule has 0 saturated carbocycles. The van der Waals surface area contributed by atoms with E-state index < -0.39 is 0 Å². The van der Waals surface area contributed by atoms with Crippen molar-refractivity contribution in [1.82, 2.24) is 5.32 Å². The second-order valence-corrected chi connectivity index (χ2v) is 3.34. The third-order valence-corrected chi connectivity index (χ3v) is 2.27. The number of ether oxygens (including phenoxy) is 1. The van der Waals surface area contributed by atoms with E-state index in [9.17, 15) is 0 Å². The zero-order chi connectivity index (χ0) is 8.93. The molecule has 0 bridgehead atoms. The lowest BCUT2D eigenvalue weighted by atomic mass is 10.1. The van der Waals surface area contributed by atoms with Gasteiger partial charge in [0.2, 0.25) is 0 Å². The van der Waals surface area contributed by atoms with Gasteiger partial charge in [0.15, 0.2) is 0 Å². The maximum absolute atomic E-state index is 5.38. The second-order valence-electron chi connectivity index (χ2n) is 3.34. The van der Waals surface area contributed by atoms with Crippen molar-refractivity contribution < 1.29 is 4.74 Å². The standard InChI is InChI=1S/C11H14NO/c1-2-4-10(5-3-1)8-11-9-13-7-6-12-11/h2-5,11-12H,6-9H2. The van der Waals surface area contributed by atoms with Crippen molar-refractivity contribution in [3.63, 3.8) is 0 Å². The summed E-state index contributed by atoms with van der Waals surface area (Å²) in [6, 6.07) is 11.6. The van der Waals surface area contributed by atoms with E-state index in [1.165, 1.54) is 5.56 Å². The first-order valence-electron chi connectivity index (χ1n) is 4.71. The van der Waals surface area contributed by atoms with Crippen LogP contribution in [0.2, 0.25) is 0 Å². The van der Waals surface area contributed by atoms with Crippen molar-refractivity contribution in [2.45, 2.75) is 12.5 Å². The van der Waals surface area contributed by atoms with Gasteiger partial charge in [0.05, 0.1) is 13.2 Å². The molecule has 1 unspecified atom stereocenters. The Balaban J connectivity index is 1.90. The van der Waals surface area contributed by atoms with Crippen LogP contribution in [0.4, 0.5) is 0 Å². The highest BCUT2D eigenvalue weighted by Gasteiger charge is 2.12. The number of rotatable bonds is 2. The highest BCUT2D eigenvalue weighted by molar-refractivity contribution is 5.15. The van der Waals surface area contributed by atoms with E-state index in [1.54, 1.807) is 0 Å². The van der Waals surface area contributed by atoms with Crippen molar-refractivity contribution in [2.75, 3.05) is 19.8 Å². The third-order valence-electron chi connectivity index (χ3n) is 2.27. The minimum Gasteiger partial charge on any atom is -0.379 e. The molecule has 1 saturated heterocycles. The molecule has 2 rings (SSSR count). The first-order chi connectivity index (χ1) is 6.45. The fraction of sp³-hybridized carbons (Fsp3) is 0.455. The van der Waals surface area contributed by atoms with E-state index in [-0.39, 0.29) is 0 Å². The Bertz CT molecular complexity index is 242. The number of benzene rings is 1. The van der Waals surface area contributed by atoms with Gasteiger partial charge in [0.25, 0.3) is 0 Å². The molecule has 1 aromatic carbocycles. The molecule has 0 amide bonds. The van der Waals surface area contributed by atoms with Crippen molar-refractivity contribution in [3.8, 4) is 0 Å². The Morgan fingerprint density at radius 1 is 1.46 bits per heavy atom. The van der Waals surface area contributed by atoms with Crippen LogP contribution in [-0.4, -0.2) is 25.8 Å². The van der Waals surface area contributed by atoms with Crippen LogP contribution in [-0.2, 0) is 11.2 Å². The molecule has 0 spiro atoms. The molecule has 1 aromatic rings. The van der Waals surface area contributed by atoms with E-state index in [1.807, 2.05) is 12.1 Å². The first kappa shape index (κ1) is 8.73. The molecule has 1 aliphatic rings. The Kier molecular flexibility index (Phi) is 2.95. The lowest BCUT2D eigenvalue weighted by molar-refractivity contribution is 0.0770. The summed E-state index contributed by atoms with van der Waals surface area (Å²) in [5.74, 6) is 0. The number of nitrogens with one attached hydrogen (secondary N) is 1. The van der Waals surface area contributed by atoms with E-state index in [4.69, 9.17) is 4.74 Å². The zero-order valence-electron chi connectivity index (χ0n) is 7.62. The predicted octanol–water partition coefficient (Wildman–Crippen LogP) is 1.02. The van der Waals surface area contributed by atoms with Crippen LogP contribution in [0.5, 0.6) is 0 Å². The smallest absolute Gasteiger partial charge is 0.0623 e. The van der Waals surface area contributed by atoms with Gasteiger partial charge in [-0.15, -0.1) is 0 Å². The highest BCUT2D eigenvalue weighted by atomic mass is 16.5. The van der Waals surface area contributed by atoms with Gasteiger partial charge in [-0.3, -0.25) is 0 Å². The van der Waals surface area contributed by atoms with Crippen molar-refractivity contribution in [1.29, 1.82) is 0 Å². The van der Waals surface area contributed by atoms with Crippen LogP contribution in [0.15, 0.2) is 24.3 Å². The van der Waals surface area contributed by atoms with Gasteiger partial charge >= 0.3 is 0 Å². The summed E-state index contributed by atoms with van der Waals surface area (Å²) in [6.07, 6.45) is 1.05. The number of hydrogen-bond donors (Lipinski definition) is 1. The van der Waals surface area contributed by atoms with Gasteiger partial charge in [-0.2, -0.15) is 0 Å². The van der Waals surface area contributed by atoms with Gasteiger partial charge in [-0.25, -0.2) is 0 Å². The van der Waals surface area contributed by atoms with Crippen molar-refractivity contribution in [2.24, 2.45) is 0 Å². The lowest BCUT2D eigenvalue weighted by Crippen LogP contribution is -2.42. The largest absolute Gasteiger partial charge is 0.379 e. The van der Waals surface area contributed by atoms with Gasteiger partial charge < -0.3 is 10.1 Å². The minimum atomic E-state index is 0.483. The Morgan fingerprint density at radius 3 is 3.00 bits per heavy atom. The first-order valence-corrected chi connectivity index (χ1v) is 4.71. The van der Waals surface area contributed by atoms with E-state index >= 15 is 0 Å². The van der Waals surface area contributed by atoms with Gasteiger partial charge in [0, 0.05) is 12.6 Å². The van der Waals surface area contributed by atoms with Gasteiger partial charge in [0.1, 0.15) is 0 Å². The zero-order valence-corrected chi connectivity index (χ0v) is 7.62. The van der Waals surface area contributed by atoms with Crippen molar-refractivity contribution in [3.05, 3.63) is 35.9 Å². The van der Waals surface area contributed by atoms with Crippen LogP contribution >= 0.6 is 0 Å². The minimum absolute atomic E-state index is 0.483. The molecule has 69 valence electrons. The van der Waals surface area contributed by atoms with E-state index in [0.29, 0.717) is 6.04 Å². The summed E-state index contributed by atoms with van der Waals surface area (Å²) in [5.41, 5.74) is 1.35. The molecule has 1 atom stereocenters. The Hall–Kier alpha value is -0.860. The topological polar surface area (TPSA) is 21.3 Å². The molecule has 1 heterocycles. The second kappa shape index (κ2) is 4.40. The summed E-state index contributed by atoms with van der Waals surface area (Å²) in [7, 11) is 0. The Labute approximate surface area is 78.9 Å². The molecule has 2 nitrogen and oxygen atoms in total. The van der Waals surface area contributed by atoms with Crippen molar-refractivity contribution >= 4 is 0 Å². The van der Waals surface area contributed by atoms with Crippen LogP contribution in [0.3, 0.4) is 0 Å². The molecule has 0 aromatic heterocycles. The molecule has 1 fully saturated rings. The third kappa shape index (κ3) is 2.54. The molecule has 1 radical (unpaired) electrons. The molecular weight excluding hydrogens is 162 g/mol.